The van der Waals surface area contributed by atoms with Crippen molar-refractivity contribution in [3.63, 3.8) is 0 Å². The van der Waals surface area contributed by atoms with E-state index in [1.165, 1.54) is 0 Å². The lowest BCUT2D eigenvalue weighted by atomic mass is 9.71. The predicted molar refractivity (Wildman–Crippen MR) is 61.1 cm³/mol. The van der Waals surface area contributed by atoms with Crippen molar-refractivity contribution in [2.75, 3.05) is 0 Å². The molecule has 116 valence electrons. The summed E-state index contributed by atoms with van der Waals surface area (Å²) in [7, 11) is 0. The summed E-state index contributed by atoms with van der Waals surface area (Å²) in [4.78, 5) is 0. The SMILES string of the molecule is CC(O)(C1CC2C=CC1C2)C(F)(F)C(C)(O)C(F)(F)F. The quantitative estimate of drug-likeness (QED) is 0.621. The molecule has 2 bridgehead atoms. The molecule has 2 aliphatic rings. The highest BCUT2D eigenvalue weighted by Crippen LogP contribution is 2.56. The Balaban J connectivity index is 2.35. The summed E-state index contributed by atoms with van der Waals surface area (Å²) in [6.07, 6.45) is -1.28. The summed E-state index contributed by atoms with van der Waals surface area (Å²) in [6.45, 7) is 0.691. The molecule has 0 radical (unpaired) electrons. The largest absolute Gasteiger partial charge is 0.423 e. The van der Waals surface area contributed by atoms with Gasteiger partial charge in [-0.1, -0.05) is 12.2 Å². The van der Waals surface area contributed by atoms with Gasteiger partial charge in [0.1, 0.15) is 5.60 Å². The molecule has 5 unspecified atom stereocenters. The van der Waals surface area contributed by atoms with Crippen LogP contribution in [0.3, 0.4) is 0 Å². The van der Waals surface area contributed by atoms with E-state index in [4.69, 9.17) is 0 Å². The Hall–Kier alpha value is -0.690. The highest BCUT2D eigenvalue weighted by molar-refractivity contribution is 5.18. The van der Waals surface area contributed by atoms with Gasteiger partial charge >= 0.3 is 12.1 Å². The molecule has 0 saturated heterocycles. The molecule has 7 heteroatoms. The van der Waals surface area contributed by atoms with Gasteiger partial charge in [-0.05, 0) is 38.5 Å². The summed E-state index contributed by atoms with van der Waals surface area (Å²) < 4.78 is 66.5. The molecule has 20 heavy (non-hydrogen) atoms. The van der Waals surface area contributed by atoms with E-state index in [9.17, 15) is 32.2 Å². The Morgan fingerprint density at radius 2 is 1.50 bits per heavy atom. The standard InChI is InChI=1S/C13H17F5O2/c1-10(19,9-6-7-3-4-8(9)5-7)12(14,15)11(2,20)13(16,17)18/h3-4,7-9,19-20H,5-6H2,1-2H3. The van der Waals surface area contributed by atoms with Crippen LogP contribution in [0.4, 0.5) is 22.0 Å². The Bertz CT molecular complexity index is 425. The summed E-state index contributed by atoms with van der Waals surface area (Å²) >= 11 is 0. The third kappa shape index (κ3) is 1.89. The average Bonchev–Trinajstić information content (AvgIpc) is 2.88. The van der Waals surface area contributed by atoms with Crippen molar-refractivity contribution >= 4 is 0 Å². The third-order valence-corrected chi connectivity index (χ3v) is 4.80. The van der Waals surface area contributed by atoms with Gasteiger partial charge in [0.05, 0.1) is 0 Å². The van der Waals surface area contributed by atoms with Crippen molar-refractivity contribution in [3.8, 4) is 0 Å². The fourth-order valence-electron chi connectivity index (χ4n) is 3.33. The van der Waals surface area contributed by atoms with Crippen LogP contribution in [0.15, 0.2) is 12.2 Å². The number of rotatable bonds is 3. The van der Waals surface area contributed by atoms with Crippen LogP contribution in [0.25, 0.3) is 0 Å². The molecule has 1 fully saturated rings. The van der Waals surface area contributed by atoms with Crippen LogP contribution >= 0.6 is 0 Å². The maximum atomic E-state index is 14.2. The van der Waals surface area contributed by atoms with E-state index < -0.39 is 29.2 Å². The van der Waals surface area contributed by atoms with Crippen LogP contribution in [0.5, 0.6) is 0 Å². The zero-order valence-corrected chi connectivity index (χ0v) is 11.1. The van der Waals surface area contributed by atoms with Crippen LogP contribution in [-0.4, -0.2) is 33.5 Å². The molecule has 2 aliphatic carbocycles. The number of hydrogen-bond donors (Lipinski definition) is 2. The Morgan fingerprint density at radius 1 is 0.950 bits per heavy atom. The van der Waals surface area contributed by atoms with Gasteiger partial charge in [0.15, 0.2) is 0 Å². The van der Waals surface area contributed by atoms with Crippen molar-refractivity contribution in [2.45, 2.75) is 50.0 Å². The summed E-state index contributed by atoms with van der Waals surface area (Å²) in [5.41, 5.74) is -7.22. The number of halogens is 5. The lowest BCUT2D eigenvalue weighted by Gasteiger charge is -2.46. The topological polar surface area (TPSA) is 40.5 Å². The van der Waals surface area contributed by atoms with Crippen molar-refractivity contribution < 1.29 is 32.2 Å². The van der Waals surface area contributed by atoms with E-state index in [-0.39, 0.29) is 25.2 Å². The lowest BCUT2D eigenvalue weighted by Crippen LogP contribution is -2.68. The predicted octanol–water partition coefficient (Wildman–Crippen LogP) is 2.90. The van der Waals surface area contributed by atoms with E-state index >= 15 is 0 Å². The molecular formula is C13H17F5O2. The van der Waals surface area contributed by atoms with E-state index in [1.807, 2.05) is 6.08 Å². The minimum absolute atomic E-state index is 0.00448. The number of allylic oxidation sites excluding steroid dienone is 2. The molecule has 2 N–H and O–H groups in total. The lowest BCUT2D eigenvalue weighted by molar-refractivity contribution is -0.366. The van der Waals surface area contributed by atoms with E-state index in [1.54, 1.807) is 6.08 Å². The second-order valence-corrected chi connectivity index (χ2v) is 6.18. The Kier molecular flexibility index (Phi) is 3.27. The van der Waals surface area contributed by atoms with Crippen molar-refractivity contribution in [3.05, 3.63) is 12.2 Å². The molecule has 5 atom stereocenters. The molecule has 2 nitrogen and oxygen atoms in total. The van der Waals surface area contributed by atoms with Gasteiger partial charge in [-0.3, -0.25) is 0 Å². The first-order chi connectivity index (χ1) is 8.82. The van der Waals surface area contributed by atoms with Crippen LogP contribution in [0.1, 0.15) is 26.7 Å². The van der Waals surface area contributed by atoms with Gasteiger partial charge in [0.2, 0.25) is 5.60 Å². The normalized spacial score (nSPS) is 36.0. The van der Waals surface area contributed by atoms with Gasteiger partial charge < -0.3 is 10.2 Å². The molecular weight excluding hydrogens is 283 g/mol. The molecule has 1 saturated carbocycles. The molecule has 0 aromatic rings. The first-order valence-corrected chi connectivity index (χ1v) is 6.40. The number of alkyl halides is 5. The smallest absolute Gasteiger partial charge is 0.383 e. The number of fused-ring (bicyclic) bond motifs is 2. The Labute approximate surface area is 113 Å². The second kappa shape index (κ2) is 4.16. The van der Waals surface area contributed by atoms with Gasteiger partial charge in [0, 0.05) is 5.92 Å². The van der Waals surface area contributed by atoms with Gasteiger partial charge in [-0.2, -0.15) is 22.0 Å². The van der Waals surface area contributed by atoms with Crippen LogP contribution < -0.4 is 0 Å². The molecule has 0 amide bonds. The maximum Gasteiger partial charge on any atom is 0.423 e. The Morgan fingerprint density at radius 3 is 1.85 bits per heavy atom. The molecule has 2 rings (SSSR count). The van der Waals surface area contributed by atoms with Crippen LogP contribution in [0.2, 0.25) is 0 Å². The summed E-state index contributed by atoms with van der Waals surface area (Å²) in [5.74, 6) is -6.06. The molecule has 0 aromatic carbocycles. The number of hydrogen-bond acceptors (Lipinski definition) is 2. The van der Waals surface area contributed by atoms with Crippen molar-refractivity contribution in [2.24, 2.45) is 17.8 Å². The fourth-order valence-corrected chi connectivity index (χ4v) is 3.33. The highest BCUT2D eigenvalue weighted by Gasteiger charge is 2.74. The first kappa shape index (κ1) is 15.7. The van der Waals surface area contributed by atoms with Crippen LogP contribution in [0, 0.1) is 17.8 Å². The fraction of sp³-hybridized carbons (Fsp3) is 0.846. The minimum Gasteiger partial charge on any atom is -0.383 e. The summed E-state index contributed by atoms with van der Waals surface area (Å²) in [5, 5.41) is 19.4. The summed E-state index contributed by atoms with van der Waals surface area (Å²) in [6, 6.07) is 0. The van der Waals surface area contributed by atoms with Crippen LogP contribution in [-0.2, 0) is 0 Å². The third-order valence-electron chi connectivity index (χ3n) is 4.80. The van der Waals surface area contributed by atoms with Crippen molar-refractivity contribution in [1.82, 2.24) is 0 Å². The minimum atomic E-state index is -5.53. The van der Waals surface area contributed by atoms with E-state index in [2.05, 4.69) is 0 Å². The number of aliphatic hydroxyl groups is 2. The molecule has 0 aliphatic heterocycles. The average molecular weight is 300 g/mol. The highest BCUT2D eigenvalue weighted by atomic mass is 19.4. The second-order valence-electron chi connectivity index (χ2n) is 6.18. The van der Waals surface area contributed by atoms with Gasteiger partial charge in [-0.25, -0.2) is 0 Å². The first-order valence-electron chi connectivity index (χ1n) is 6.40. The zero-order valence-electron chi connectivity index (χ0n) is 11.1. The van der Waals surface area contributed by atoms with E-state index in [0.29, 0.717) is 13.3 Å². The molecule has 0 spiro atoms. The van der Waals surface area contributed by atoms with Crippen molar-refractivity contribution in [1.29, 1.82) is 0 Å². The monoisotopic (exact) mass is 300 g/mol. The molecule has 0 heterocycles. The van der Waals surface area contributed by atoms with E-state index in [0.717, 1.165) is 0 Å². The molecule has 0 aromatic heterocycles. The maximum absolute atomic E-state index is 14.2. The zero-order chi connectivity index (χ0) is 15.6. The van der Waals surface area contributed by atoms with Gasteiger partial charge in [0.25, 0.3) is 0 Å². The van der Waals surface area contributed by atoms with Gasteiger partial charge in [-0.15, -0.1) is 0 Å².